The summed E-state index contributed by atoms with van der Waals surface area (Å²) in [5.74, 6) is 0.245. The number of aromatic nitrogens is 2. The minimum Gasteiger partial charge on any atom is -0.368 e. The molecule has 0 saturated carbocycles. The molecule has 1 aliphatic heterocycles. The zero-order valence-corrected chi connectivity index (χ0v) is 16.9. The maximum Gasteiger partial charge on any atom is 0.355 e. The number of non-ortho nitro benzene ring substituents is 1. The molecule has 1 aromatic heterocycles. The molecular formula is C20H20N8O4. The van der Waals surface area contributed by atoms with Crippen molar-refractivity contribution in [2.75, 3.05) is 46.8 Å². The van der Waals surface area contributed by atoms with Gasteiger partial charge in [0.05, 0.1) is 15.5 Å². The summed E-state index contributed by atoms with van der Waals surface area (Å²) in [7, 11) is 0. The number of nitro benzene ring substituents is 1. The number of piperazine rings is 1. The number of nitrogens with zero attached hydrogens (tertiary/aromatic N) is 6. The van der Waals surface area contributed by atoms with Gasteiger partial charge < -0.3 is 9.80 Å². The van der Waals surface area contributed by atoms with Gasteiger partial charge in [-0.1, -0.05) is 18.2 Å². The molecule has 0 spiro atoms. The highest BCUT2D eigenvalue weighted by molar-refractivity contribution is 5.72. The van der Waals surface area contributed by atoms with Crippen molar-refractivity contribution >= 4 is 34.4 Å². The Kier molecular flexibility index (Phi) is 5.92. The summed E-state index contributed by atoms with van der Waals surface area (Å²) in [6.07, 6.45) is 1.27. The molecule has 1 fully saturated rings. The fraction of sp³-hybridized carbons (Fsp3) is 0.200. The van der Waals surface area contributed by atoms with Crippen molar-refractivity contribution in [3.05, 3.63) is 81.2 Å². The molecule has 0 unspecified atom stereocenters. The average Bonchev–Trinajstić information content (AvgIpc) is 2.83. The number of hydrazine groups is 1. The Morgan fingerprint density at radius 2 is 1.44 bits per heavy atom. The fourth-order valence-electron chi connectivity index (χ4n) is 3.47. The molecule has 1 aliphatic rings. The first-order valence-electron chi connectivity index (χ1n) is 9.84. The molecule has 2 heterocycles. The number of rotatable bonds is 7. The molecule has 12 heteroatoms. The Bertz CT molecular complexity index is 1100. The van der Waals surface area contributed by atoms with Gasteiger partial charge in [-0.25, -0.2) is 9.97 Å². The highest BCUT2D eigenvalue weighted by Gasteiger charge is 2.29. The number of benzene rings is 2. The van der Waals surface area contributed by atoms with E-state index in [9.17, 15) is 20.2 Å². The maximum atomic E-state index is 11.8. The summed E-state index contributed by atoms with van der Waals surface area (Å²) in [4.78, 5) is 33.9. The molecule has 3 aromatic rings. The molecule has 4 rings (SSSR count). The van der Waals surface area contributed by atoms with Gasteiger partial charge >= 0.3 is 5.69 Å². The predicted molar refractivity (Wildman–Crippen MR) is 120 cm³/mol. The Morgan fingerprint density at radius 1 is 0.781 bits per heavy atom. The standard InChI is InChI=1S/C20H20N8O4/c29-27(30)17-8-6-15(7-9-17)23-24-19-18(28(31)32)20(22-14-21-19)26-12-10-25(11-13-26)16-4-2-1-3-5-16/h1-9,14,23H,10-13H2,(H,21,22,24). The highest BCUT2D eigenvalue weighted by Crippen LogP contribution is 2.32. The van der Waals surface area contributed by atoms with Gasteiger partial charge in [0.25, 0.3) is 5.69 Å². The molecule has 0 bridgehead atoms. The summed E-state index contributed by atoms with van der Waals surface area (Å²) in [5.41, 5.74) is 6.81. The topological polar surface area (TPSA) is 143 Å². The molecule has 0 aliphatic carbocycles. The Balaban J connectivity index is 1.48. The van der Waals surface area contributed by atoms with Gasteiger partial charge in [-0.3, -0.25) is 31.1 Å². The summed E-state index contributed by atoms with van der Waals surface area (Å²) in [6.45, 7) is 2.55. The first-order valence-corrected chi connectivity index (χ1v) is 9.84. The molecule has 2 aromatic carbocycles. The van der Waals surface area contributed by atoms with Crippen LogP contribution in [0.2, 0.25) is 0 Å². The van der Waals surface area contributed by atoms with Crippen LogP contribution in [0.3, 0.4) is 0 Å². The van der Waals surface area contributed by atoms with Crippen LogP contribution in [0.5, 0.6) is 0 Å². The van der Waals surface area contributed by atoms with E-state index in [1.807, 2.05) is 35.2 Å². The smallest absolute Gasteiger partial charge is 0.355 e. The van der Waals surface area contributed by atoms with Crippen LogP contribution in [-0.2, 0) is 0 Å². The van der Waals surface area contributed by atoms with E-state index >= 15 is 0 Å². The van der Waals surface area contributed by atoms with Gasteiger partial charge in [0.1, 0.15) is 6.33 Å². The third-order valence-corrected chi connectivity index (χ3v) is 5.09. The highest BCUT2D eigenvalue weighted by atomic mass is 16.6. The van der Waals surface area contributed by atoms with Crippen LogP contribution in [0, 0.1) is 20.2 Å². The van der Waals surface area contributed by atoms with E-state index in [-0.39, 0.29) is 23.0 Å². The van der Waals surface area contributed by atoms with Crippen LogP contribution < -0.4 is 20.7 Å². The maximum absolute atomic E-state index is 11.8. The number of anilines is 4. The van der Waals surface area contributed by atoms with Crippen molar-refractivity contribution in [3.8, 4) is 0 Å². The second-order valence-corrected chi connectivity index (χ2v) is 7.02. The van der Waals surface area contributed by atoms with Gasteiger partial charge in [0.15, 0.2) is 0 Å². The van der Waals surface area contributed by atoms with Gasteiger partial charge in [-0.15, -0.1) is 0 Å². The molecule has 0 atom stereocenters. The van der Waals surface area contributed by atoms with E-state index in [4.69, 9.17) is 0 Å². The van der Waals surface area contributed by atoms with Crippen LogP contribution in [0.1, 0.15) is 0 Å². The van der Waals surface area contributed by atoms with Crippen molar-refractivity contribution in [1.82, 2.24) is 9.97 Å². The third-order valence-electron chi connectivity index (χ3n) is 5.09. The van der Waals surface area contributed by atoms with Crippen LogP contribution in [0.15, 0.2) is 60.9 Å². The lowest BCUT2D eigenvalue weighted by Crippen LogP contribution is -2.47. The van der Waals surface area contributed by atoms with Gasteiger partial charge in [-0.2, -0.15) is 0 Å². The zero-order valence-electron chi connectivity index (χ0n) is 16.9. The lowest BCUT2D eigenvalue weighted by atomic mass is 10.2. The van der Waals surface area contributed by atoms with Gasteiger partial charge in [0.2, 0.25) is 11.6 Å². The van der Waals surface area contributed by atoms with E-state index < -0.39 is 9.85 Å². The van der Waals surface area contributed by atoms with E-state index in [0.29, 0.717) is 31.9 Å². The molecule has 12 nitrogen and oxygen atoms in total. The SMILES string of the molecule is O=[N+]([O-])c1ccc(NNc2ncnc(N3CCN(c4ccccc4)CC3)c2[N+](=O)[O-])cc1. The summed E-state index contributed by atoms with van der Waals surface area (Å²) in [5, 5.41) is 22.6. The van der Waals surface area contributed by atoms with Gasteiger partial charge in [0, 0.05) is 44.0 Å². The predicted octanol–water partition coefficient (Wildman–Crippen LogP) is 3.06. The minimum atomic E-state index is -0.515. The quantitative estimate of drug-likeness (QED) is 0.419. The molecule has 1 saturated heterocycles. The Labute approximate surface area is 182 Å². The van der Waals surface area contributed by atoms with Crippen LogP contribution in [0.4, 0.5) is 34.4 Å². The van der Waals surface area contributed by atoms with Crippen LogP contribution >= 0.6 is 0 Å². The van der Waals surface area contributed by atoms with Crippen molar-refractivity contribution in [3.63, 3.8) is 0 Å². The Morgan fingerprint density at radius 3 is 2.06 bits per heavy atom. The number of hydrogen-bond acceptors (Lipinski definition) is 10. The van der Waals surface area contributed by atoms with Crippen molar-refractivity contribution < 1.29 is 9.85 Å². The molecule has 2 N–H and O–H groups in total. The monoisotopic (exact) mass is 436 g/mol. The summed E-state index contributed by atoms with van der Waals surface area (Å²) < 4.78 is 0. The first kappa shape index (κ1) is 20.8. The minimum absolute atomic E-state index is 0.00356. The average molecular weight is 436 g/mol. The summed E-state index contributed by atoms with van der Waals surface area (Å²) in [6, 6.07) is 15.6. The molecule has 164 valence electrons. The van der Waals surface area contributed by atoms with E-state index in [0.717, 1.165) is 5.69 Å². The lowest BCUT2D eigenvalue weighted by molar-refractivity contribution is -0.384. The van der Waals surface area contributed by atoms with E-state index in [2.05, 4.69) is 25.7 Å². The second kappa shape index (κ2) is 9.12. The molecule has 0 amide bonds. The lowest BCUT2D eigenvalue weighted by Gasteiger charge is -2.36. The van der Waals surface area contributed by atoms with Gasteiger partial charge in [-0.05, 0) is 24.3 Å². The van der Waals surface area contributed by atoms with Crippen molar-refractivity contribution in [2.45, 2.75) is 0 Å². The normalized spacial score (nSPS) is 13.5. The van der Waals surface area contributed by atoms with Crippen LogP contribution in [0.25, 0.3) is 0 Å². The third kappa shape index (κ3) is 4.48. The van der Waals surface area contributed by atoms with Crippen molar-refractivity contribution in [2.24, 2.45) is 0 Å². The number of para-hydroxylation sites is 1. The van der Waals surface area contributed by atoms with Crippen LogP contribution in [-0.4, -0.2) is 46.0 Å². The largest absolute Gasteiger partial charge is 0.368 e. The number of nitro groups is 2. The first-order chi connectivity index (χ1) is 15.5. The molecular weight excluding hydrogens is 416 g/mol. The second-order valence-electron chi connectivity index (χ2n) is 7.02. The fourth-order valence-corrected chi connectivity index (χ4v) is 3.47. The zero-order chi connectivity index (χ0) is 22.5. The van der Waals surface area contributed by atoms with E-state index in [1.165, 1.54) is 30.6 Å². The molecule has 32 heavy (non-hydrogen) atoms. The van der Waals surface area contributed by atoms with E-state index in [1.54, 1.807) is 0 Å². The number of hydrogen-bond donors (Lipinski definition) is 2. The molecule has 0 radical (unpaired) electrons. The Hall–Kier alpha value is -4.48. The van der Waals surface area contributed by atoms with Crippen molar-refractivity contribution in [1.29, 1.82) is 0 Å². The summed E-state index contributed by atoms with van der Waals surface area (Å²) >= 11 is 0. The number of nitrogens with one attached hydrogen (secondary N) is 2.